The van der Waals surface area contributed by atoms with Crippen molar-refractivity contribution >= 4 is 31.7 Å². The number of benzene rings is 1. The summed E-state index contributed by atoms with van der Waals surface area (Å²) in [4.78, 5) is 12.6. The molecule has 1 aromatic rings. The molecule has 1 N–H and O–H groups in total. The number of rotatable bonds is 6. The quantitative estimate of drug-likeness (QED) is 0.806. The summed E-state index contributed by atoms with van der Waals surface area (Å²) < 4.78 is 24.3. The Morgan fingerprint density at radius 1 is 1.27 bits per heavy atom. The highest BCUT2D eigenvalue weighted by Crippen LogP contribution is 2.32. The van der Waals surface area contributed by atoms with Crippen LogP contribution in [0.15, 0.2) is 28.7 Å². The zero-order valence-corrected chi connectivity index (χ0v) is 14.6. The average molecular weight is 390 g/mol. The molecular weight excluding hydrogens is 370 g/mol. The van der Waals surface area contributed by atoms with Gasteiger partial charge in [0.2, 0.25) is 0 Å². The summed E-state index contributed by atoms with van der Waals surface area (Å²) in [7, 11) is -3.50. The second-order valence-corrected chi connectivity index (χ2v) is 8.66. The van der Waals surface area contributed by atoms with Gasteiger partial charge in [0.15, 0.2) is 9.84 Å². The first-order chi connectivity index (χ1) is 10.4. The lowest BCUT2D eigenvalue weighted by Gasteiger charge is -2.32. The predicted molar refractivity (Wildman–Crippen MR) is 88.8 cm³/mol. The average Bonchev–Trinajstić information content (AvgIpc) is 2.45. The van der Waals surface area contributed by atoms with Crippen molar-refractivity contribution in [3.05, 3.63) is 34.3 Å². The van der Waals surface area contributed by atoms with Crippen LogP contribution in [0.5, 0.6) is 0 Å². The Kier molecular flexibility index (Phi) is 6.00. The number of hydrogen-bond acceptors (Lipinski definition) is 4. The van der Waals surface area contributed by atoms with Gasteiger partial charge in [-0.3, -0.25) is 4.79 Å². The molecule has 0 bridgehead atoms. The number of nitrogens with zero attached hydrogens (tertiary/aromatic N) is 1. The van der Waals surface area contributed by atoms with Crippen LogP contribution in [0.2, 0.25) is 0 Å². The van der Waals surface area contributed by atoms with Crippen molar-refractivity contribution in [3.8, 4) is 0 Å². The van der Waals surface area contributed by atoms with Gasteiger partial charge in [-0.25, -0.2) is 8.42 Å². The zero-order valence-electron chi connectivity index (χ0n) is 12.2. The van der Waals surface area contributed by atoms with Crippen molar-refractivity contribution in [2.75, 3.05) is 31.1 Å². The van der Waals surface area contributed by atoms with Gasteiger partial charge in [-0.15, -0.1) is 0 Å². The van der Waals surface area contributed by atoms with Crippen LogP contribution >= 0.6 is 15.9 Å². The van der Waals surface area contributed by atoms with Gasteiger partial charge in [-0.1, -0.05) is 34.1 Å². The Bertz CT molecular complexity index is 624. The van der Waals surface area contributed by atoms with Crippen molar-refractivity contribution in [1.82, 2.24) is 4.90 Å². The fourth-order valence-electron chi connectivity index (χ4n) is 2.80. The van der Waals surface area contributed by atoms with Gasteiger partial charge >= 0.3 is 5.97 Å². The molecule has 1 aromatic carbocycles. The van der Waals surface area contributed by atoms with Crippen molar-refractivity contribution in [2.24, 2.45) is 0 Å². The third-order valence-corrected chi connectivity index (χ3v) is 6.21. The summed E-state index contributed by atoms with van der Waals surface area (Å²) in [5.41, 5.74) is 1.31. The van der Waals surface area contributed by atoms with E-state index >= 15 is 0 Å². The number of carboxylic acids is 1. The Labute approximate surface area is 139 Å². The minimum Gasteiger partial charge on any atom is -0.480 e. The molecule has 0 unspecified atom stereocenters. The highest BCUT2D eigenvalue weighted by molar-refractivity contribution is 9.10. The van der Waals surface area contributed by atoms with E-state index < -0.39 is 21.6 Å². The highest BCUT2D eigenvalue weighted by atomic mass is 79.9. The second-order valence-electron chi connectivity index (χ2n) is 5.62. The highest BCUT2D eigenvalue weighted by Gasteiger charge is 2.23. The molecule has 0 amide bonds. The molecule has 0 aromatic heterocycles. The Morgan fingerprint density at radius 2 is 1.91 bits per heavy atom. The number of sulfone groups is 1. The van der Waals surface area contributed by atoms with Gasteiger partial charge in [-0.2, -0.15) is 0 Å². The maximum absolute atomic E-state index is 11.6. The lowest BCUT2D eigenvalue weighted by molar-refractivity contribution is -0.134. The lowest BCUT2D eigenvalue weighted by atomic mass is 9.89. The number of halogens is 1. The van der Waals surface area contributed by atoms with Crippen LogP contribution in [-0.2, 0) is 14.6 Å². The number of carbonyl (C=O) groups is 1. The van der Waals surface area contributed by atoms with Crippen LogP contribution in [0.1, 0.15) is 24.3 Å². The first-order valence-corrected chi connectivity index (χ1v) is 9.88. The van der Waals surface area contributed by atoms with E-state index in [1.54, 1.807) is 0 Å². The molecule has 1 aliphatic heterocycles. The second kappa shape index (κ2) is 7.57. The third-order valence-electron chi connectivity index (χ3n) is 3.99. The zero-order chi connectivity index (χ0) is 16.2. The molecule has 0 spiro atoms. The molecule has 1 saturated heterocycles. The normalized spacial score (nSPS) is 17.5. The number of piperidine rings is 1. The SMILES string of the molecule is O=C(O)CS(=O)(=O)CCN1CCC(c2ccccc2Br)CC1. The fraction of sp³-hybridized carbons (Fsp3) is 0.533. The number of likely N-dealkylation sites (tertiary alicyclic amines) is 1. The van der Waals surface area contributed by atoms with Crippen molar-refractivity contribution in [2.45, 2.75) is 18.8 Å². The first-order valence-electron chi connectivity index (χ1n) is 7.26. The Balaban J connectivity index is 1.83. The number of aliphatic carboxylic acids is 1. The molecular formula is C15H20BrNO4S. The van der Waals surface area contributed by atoms with Crippen LogP contribution in [0.25, 0.3) is 0 Å². The fourth-order valence-corrected chi connectivity index (χ4v) is 4.47. The molecule has 7 heteroatoms. The summed E-state index contributed by atoms with van der Waals surface area (Å²) >= 11 is 3.58. The van der Waals surface area contributed by atoms with E-state index in [4.69, 9.17) is 5.11 Å². The number of carboxylic acid groups (broad SMARTS) is 1. The molecule has 0 saturated carbocycles. The van der Waals surface area contributed by atoms with E-state index in [2.05, 4.69) is 26.9 Å². The molecule has 1 fully saturated rings. The summed E-state index contributed by atoms with van der Waals surface area (Å²) in [5, 5.41) is 8.58. The van der Waals surface area contributed by atoms with Crippen LogP contribution in [0, 0.1) is 0 Å². The smallest absolute Gasteiger partial charge is 0.318 e. The van der Waals surface area contributed by atoms with E-state index in [0.717, 1.165) is 30.4 Å². The van der Waals surface area contributed by atoms with E-state index in [0.29, 0.717) is 12.5 Å². The van der Waals surface area contributed by atoms with Gasteiger partial charge in [0, 0.05) is 11.0 Å². The minimum absolute atomic E-state index is 0.0843. The first kappa shape index (κ1) is 17.4. The summed E-state index contributed by atoms with van der Waals surface area (Å²) in [6.07, 6.45) is 1.98. The summed E-state index contributed by atoms with van der Waals surface area (Å²) in [6.45, 7) is 2.10. The molecule has 22 heavy (non-hydrogen) atoms. The maximum Gasteiger partial charge on any atom is 0.318 e. The predicted octanol–water partition coefficient (Wildman–Crippen LogP) is 2.13. The van der Waals surface area contributed by atoms with Crippen LogP contribution in [0.4, 0.5) is 0 Å². The summed E-state index contributed by atoms with van der Waals surface area (Å²) in [5.74, 6) is -1.66. The molecule has 5 nitrogen and oxygen atoms in total. The molecule has 1 aliphatic rings. The standard InChI is InChI=1S/C15H20BrNO4S/c16-14-4-2-1-3-13(14)12-5-7-17(8-6-12)9-10-22(20,21)11-15(18)19/h1-4,12H,5-11H2,(H,18,19). The largest absolute Gasteiger partial charge is 0.480 e. The Hall–Kier alpha value is -0.920. The van der Waals surface area contributed by atoms with E-state index in [1.165, 1.54) is 5.56 Å². The molecule has 0 radical (unpaired) electrons. The molecule has 0 aliphatic carbocycles. The molecule has 2 rings (SSSR count). The van der Waals surface area contributed by atoms with E-state index in [-0.39, 0.29) is 5.75 Å². The van der Waals surface area contributed by atoms with Crippen molar-refractivity contribution in [3.63, 3.8) is 0 Å². The topological polar surface area (TPSA) is 74.7 Å². The molecule has 122 valence electrons. The number of hydrogen-bond donors (Lipinski definition) is 1. The van der Waals surface area contributed by atoms with Gasteiger partial charge < -0.3 is 10.0 Å². The van der Waals surface area contributed by atoms with Crippen molar-refractivity contribution < 1.29 is 18.3 Å². The van der Waals surface area contributed by atoms with Crippen LogP contribution in [0.3, 0.4) is 0 Å². The van der Waals surface area contributed by atoms with Gasteiger partial charge in [0.05, 0.1) is 5.75 Å². The van der Waals surface area contributed by atoms with Gasteiger partial charge in [-0.05, 0) is 43.5 Å². The third kappa shape index (κ3) is 5.07. The van der Waals surface area contributed by atoms with Gasteiger partial charge in [0.1, 0.15) is 5.75 Å². The maximum atomic E-state index is 11.6. The summed E-state index contributed by atoms with van der Waals surface area (Å²) in [6, 6.07) is 8.20. The molecule has 1 heterocycles. The lowest BCUT2D eigenvalue weighted by Crippen LogP contribution is -2.37. The molecule has 0 atom stereocenters. The van der Waals surface area contributed by atoms with Gasteiger partial charge in [0.25, 0.3) is 0 Å². The van der Waals surface area contributed by atoms with E-state index in [9.17, 15) is 13.2 Å². The monoisotopic (exact) mass is 389 g/mol. The van der Waals surface area contributed by atoms with Crippen LogP contribution < -0.4 is 0 Å². The van der Waals surface area contributed by atoms with Crippen molar-refractivity contribution in [1.29, 1.82) is 0 Å². The Morgan fingerprint density at radius 3 is 2.50 bits per heavy atom. The minimum atomic E-state index is -3.50. The van der Waals surface area contributed by atoms with Crippen LogP contribution in [-0.4, -0.2) is 55.5 Å². The van der Waals surface area contributed by atoms with E-state index in [1.807, 2.05) is 18.2 Å².